The number of amidine groups is 1. The molecule has 107 valence electrons. The lowest BCUT2D eigenvalue weighted by molar-refractivity contribution is 0.104. The van der Waals surface area contributed by atoms with Gasteiger partial charge < -0.3 is 0 Å². The maximum absolute atomic E-state index is 12.3. The molecule has 6 heteroatoms. The number of hydrogen-bond donors (Lipinski definition) is 0. The number of nitrogens with zero attached hydrogens (tertiary/aromatic N) is 4. The molecule has 2 amide bonds. The second kappa shape index (κ2) is 5.83. The van der Waals surface area contributed by atoms with Gasteiger partial charge in [-0.1, -0.05) is 15.9 Å². The summed E-state index contributed by atoms with van der Waals surface area (Å²) in [6, 6.07) is 7.52. The summed E-state index contributed by atoms with van der Waals surface area (Å²) >= 11 is 3.40. The van der Waals surface area contributed by atoms with Gasteiger partial charge in [-0.3, -0.25) is 0 Å². The monoisotopic (exact) mass is 337 g/mol. The molecule has 1 radical (unpaired) electrons. The normalized spacial score (nSPS) is 15.8. The van der Waals surface area contributed by atoms with Gasteiger partial charge >= 0.3 is 6.03 Å². The molecule has 1 aliphatic rings. The quantitative estimate of drug-likeness (QED) is 0.835. The molecule has 0 atom stereocenters. The van der Waals surface area contributed by atoms with Crippen molar-refractivity contribution in [2.75, 3.05) is 0 Å². The van der Waals surface area contributed by atoms with E-state index in [0.717, 1.165) is 10.0 Å². The number of hydrogen-bond acceptors (Lipinski definition) is 2. The van der Waals surface area contributed by atoms with Crippen LogP contribution in [0.1, 0.15) is 33.3 Å². The summed E-state index contributed by atoms with van der Waals surface area (Å²) < 4.78 is 0.996. The topological polar surface area (TPSA) is 50.0 Å². The molecule has 0 bridgehead atoms. The van der Waals surface area contributed by atoms with Gasteiger partial charge in [0.05, 0.1) is 12.1 Å². The third-order valence-corrected chi connectivity index (χ3v) is 3.41. The van der Waals surface area contributed by atoms with E-state index >= 15 is 0 Å². The van der Waals surface area contributed by atoms with Crippen LogP contribution in [0.3, 0.4) is 0 Å². The van der Waals surface area contributed by atoms with Crippen molar-refractivity contribution in [3.63, 3.8) is 0 Å². The summed E-state index contributed by atoms with van der Waals surface area (Å²) in [6.07, 6.45) is 0. The number of benzene rings is 1. The molecule has 2 rings (SSSR count). The average molecular weight is 338 g/mol. The highest BCUT2D eigenvalue weighted by Gasteiger charge is 2.32. The highest BCUT2D eigenvalue weighted by molar-refractivity contribution is 9.10. The predicted octanol–water partition coefficient (Wildman–Crippen LogP) is 3.18. The van der Waals surface area contributed by atoms with Crippen LogP contribution < -0.4 is 5.43 Å². The second-order valence-corrected chi connectivity index (χ2v) is 6.11. The third kappa shape index (κ3) is 2.95. The molecule has 5 nitrogen and oxygen atoms in total. The van der Waals surface area contributed by atoms with E-state index in [0.29, 0.717) is 5.84 Å². The van der Waals surface area contributed by atoms with Crippen molar-refractivity contribution in [3.05, 3.63) is 34.3 Å². The van der Waals surface area contributed by atoms with Crippen molar-refractivity contribution in [2.24, 2.45) is 5.10 Å². The van der Waals surface area contributed by atoms with Crippen molar-refractivity contribution >= 4 is 27.8 Å². The molecule has 1 heterocycles. The molecule has 0 unspecified atom stereocenters. The van der Waals surface area contributed by atoms with Gasteiger partial charge in [0.2, 0.25) is 0 Å². The van der Waals surface area contributed by atoms with Crippen LogP contribution in [-0.4, -0.2) is 34.0 Å². The minimum Gasteiger partial charge on any atom is -0.244 e. The standard InChI is InChI=1S/C14H18BrN4O/c1-9(2)18-14(20)19(10(3)4)17-13(16-18)11-5-7-12(15)8-6-11/h5-10H,1-4H3. The van der Waals surface area contributed by atoms with Crippen LogP contribution >= 0.6 is 15.9 Å². The minimum absolute atomic E-state index is 0.00954. The van der Waals surface area contributed by atoms with Gasteiger partial charge in [-0.05, 0) is 52.0 Å². The fraction of sp³-hybridized carbons (Fsp3) is 0.429. The number of urea groups is 1. The smallest absolute Gasteiger partial charge is 0.244 e. The number of carbonyl (C=O) groups is 1. The number of hydrazone groups is 1. The molecular weight excluding hydrogens is 320 g/mol. The lowest BCUT2D eigenvalue weighted by Gasteiger charge is -2.35. The maximum atomic E-state index is 12.3. The van der Waals surface area contributed by atoms with Gasteiger partial charge in [0, 0.05) is 10.0 Å². The van der Waals surface area contributed by atoms with Crippen LogP contribution in [0.15, 0.2) is 33.8 Å². The second-order valence-electron chi connectivity index (χ2n) is 5.19. The lowest BCUT2D eigenvalue weighted by Crippen LogP contribution is -2.56. The highest BCUT2D eigenvalue weighted by atomic mass is 79.9. The average Bonchev–Trinajstić information content (AvgIpc) is 2.39. The zero-order valence-corrected chi connectivity index (χ0v) is 13.6. The molecule has 0 saturated heterocycles. The van der Waals surface area contributed by atoms with Gasteiger partial charge in [0.1, 0.15) is 0 Å². The van der Waals surface area contributed by atoms with E-state index in [-0.39, 0.29) is 18.1 Å². The van der Waals surface area contributed by atoms with Crippen LogP contribution in [0, 0.1) is 0 Å². The Morgan fingerprint density at radius 3 is 2.05 bits per heavy atom. The molecule has 1 aliphatic heterocycles. The van der Waals surface area contributed by atoms with Gasteiger partial charge in [0.25, 0.3) is 0 Å². The Balaban J connectivity index is 2.38. The zero-order chi connectivity index (χ0) is 14.9. The van der Waals surface area contributed by atoms with Gasteiger partial charge in [-0.15, -0.1) is 10.5 Å². The largest absolute Gasteiger partial charge is 0.361 e. The van der Waals surface area contributed by atoms with Crippen LogP contribution in [0.5, 0.6) is 0 Å². The first-order valence-electron chi connectivity index (χ1n) is 6.58. The van der Waals surface area contributed by atoms with E-state index < -0.39 is 0 Å². The number of halogens is 1. The lowest BCUT2D eigenvalue weighted by atomic mass is 10.2. The molecule has 0 aromatic heterocycles. The van der Waals surface area contributed by atoms with Gasteiger partial charge in [0.15, 0.2) is 5.84 Å². The molecule has 0 spiro atoms. The Morgan fingerprint density at radius 2 is 1.55 bits per heavy atom. The number of rotatable bonds is 3. The highest BCUT2D eigenvalue weighted by Crippen LogP contribution is 2.17. The summed E-state index contributed by atoms with van der Waals surface area (Å²) in [6.45, 7) is 7.74. The van der Waals surface area contributed by atoms with Crippen molar-refractivity contribution in [1.29, 1.82) is 0 Å². The third-order valence-electron chi connectivity index (χ3n) is 2.88. The minimum atomic E-state index is -0.184. The number of amides is 2. The van der Waals surface area contributed by atoms with Gasteiger partial charge in [-0.2, -0.15) is 0 Å². The Kier molecular flexibility index (Phi) is 4.32. The molecular formula is C14H18BrN4O. The van der Waals surface area contributed by atoms with Gasteiger partial charge in [-0.25, -0.2) is 14.8 Å². The van der Waals surface area contributed by atoms with Crippen molar-refractivity contribution in [1.82, 2.24) is 15.4 Å². The Hall–Kier alpha value is -1.56. The van der Waals surface area contributed by atoms with Crippen molar-refractivity contribution < 1.29 is 4.79 Å². The summed E-state index contributed by atoms with van der Waals surface area (Å²) in [5.74, 6) is 0.555. The van der Waals surface area contributed by atoms with E-state index in [1.54, 1.807) is 0 Å². The number of carbonyl (C=O) groups excluding carboxylic acids is 1. The van der Waals surface area contributed by atoms with E-state index in [1.165, 1.54) is 10.0 Å². The van der Waals surface area contributed by atoms with Crippen LogP contribution in [0.4, 0.5) is 4.79 Å². The van der Waals surface area contributed by atoms with Crippen LogP contribution in [0.25, 0.3) is 0 Å². The van der Waals surface area contributed by atoms with E-state index in [9.17, 15) is 4.79 Å². The van der Waals surface area contributed by atoms with E-state index in [4.69, 9.17) is 0 Å². The van der Waals surface area contributed by atoms with Crippen molar-refractivity contribution in [2.45, 2.75) is 39.8 Å². The first-order chi connectivity index (χ1) is 9.40. The first-order valence-corrected chi connectivity index (χ1v) is 7.38. The molecule has 0 aliphatic carbocycles. The molecule has 0 fully saturated rings. The summed E-state index contributed by atoms with van der Waals surface area (Å²) in [5, 5.41) is 7.32. The summed E-state index contributed by atoms with van der Waals surface area (Å²) in [4.78, 5) is 12.3. The fourth-order valence-electron chi connectivity index (χ4n) is 1.80. The molecule has 20 heavy (non-hydrogen) atoms. The van der Waals surface area contributed by atoms with E-state index in [1.807, 2.05) is 52.0 Å². The zero-order valence-electron chi connectivity index (χ0n) is 12.0. The Bertz CT molecular complexity index is 524. The molecule has 1 aromatic carbocycles. The summed E-state index contributed by atoms with van der Waals surface area (Å²) in [7, 11) is 0. The SMILES string of the molecule is CC(C)N1[N]C(c2ccc(Br)cc2)=NN(C(C)C)C1=O. The first kappa shape index (κ1) is 14.8. The van der Waals surface area contributed by atoms with Crippen LogP contribution in [0.2, 0.25) is 0 Å². The Labute approximate surface area is 127 Å². The molecule has 1 aromatic rings. The molecule has 0 saturated carbocycles. The Morgan fingerprint density at radius 1 is 1.00 bits per heavy atom. The predicted molar refractivity (Wildman–Crippen MR) is 82.2 cm³/mol. The fourth-order valence-corrected chi connectivity index (χ4v) is 2.07. The van der Waals surface area contributed by atoms with Crippen molar-refractivity contribution in [3.8, 4) is 0 Å². The van der Waals surface area contributed by atoms with E-state index in [2.05, 4.69) is 26.5 Å². The van der Waals surface area contributed by atoms with Crippen LogP contribution in [-0.2, 0) is 0 Å². The maximum Gasteiger partial charge on any atom is 0.361 e. The molecule has 0 N–H and O–H groups in total. The summed E-state index contributed by atoms with van der Waals surface area (Å²) in [5.41, 5.74) is 5.26.